The molecule has 5 aromatic carbocycles. The van der Waals surface area contributed by atoms with Crippen molar-refractivity contribution in [2.24, 2.45) is 11.7 Å². The smallest absolute Gasteiger partial charge is 0.184 e. The summed E-state index contributed by atoms with van der Waals surface area (Å²) < 4.78 is 13.7. The number of rotatable bonds is 11. The summed E-state index contributed by atoms with van der Waals surface area (Å²) >= 11 is 0. The molecule has 1 aliphatic rings. The summed E-state index contributed by atoms with van der Waals surface area (Å²) in [6, 6.07) is 46.2. The predicted molar refractivity (Wildman–Crippen MR) is 180 cm³/mol. The molecule has 1 saturated heterocycles. The van der Waals surface area contributed by atoms with Crippen LogP contribution in [0.5, 0.6) is 0 Å². The van der Waals surface area contributed by atoms with Crippen LogP contribution < -0.4 is 5.73 Å². The molecule has 45 heavy (non-hydrogen) atoms. The number of nitrogens with zero attached hydrogens (tertiary/aromatic N) is 1. The fraction of sp³-hybridized carbons (Fsp3) is 0.250. The van der Waals surface area contributed by atoms with Gasteiger partial charge in [-0.25, -0.2) is 0 Å². The lowest BCUT2D eigenvalue weighted by molar-refractivity contribution is -0.276. The Morgan fingerprint density at radius 2 is 1.22 bits per heavy atom. The van der Waals surface area contributed by atoms with Crippen LogP contribution in [0.1, 0.15) is 52.7 Å². The lowest BCUT2D eigenvalue weighted by Gasteiger charge is -2.43. The molecule has 230 valence electrons. The van der Waals surface area contributed by atoms with E-state index in [4.69, 9.17) is 15.2 Å². The maximum absolute atomic E-state index is 9.65. The van der Waals surface area contributed by atoms with Crippen LogP contribution in [0.2, 0.25) is 0 Å². The molecule has 1 heterocycles. The van der Waals surface area contributed by atoms with Crippen molar-refractivity contribution >= 4 is 0 Å². The predicted octanol–water partition coefficient (Wildman–Crippen LogP) is 7.80. The average molecular weight is 599 g/mol. The fourth-order valence-electron chi connectivity index (χ4n) is 6.19. The summed E-state index contributed by atoms with van der Waals surface area (Å²) in [5.74, 6) is 0.0830. The molecular weight excluding hydrogens is 556 g/mol. The van der Waals surface area contributed by atoms with Gasteiger partial charge in [-0.15, -0.1) is 0 Å². The zero-order valence-electron chi connectivity index (χ0n) is 25.8. The van der Waals surface area contributed by atoms with E-state index in [9.17, 15) is 5.11 Å². The van der Waals surface area contributed by atoms with Crippen LogP contribution in [0, 0.1) is 5.92 Å². The van der Waals surface area contributed by atoms with E-state index in [1.165, 1.54) is 11.1 Å². The number of nitrogens with two attached hydrogens (primary N) is 1. The highest BCUT2D eigenvalue weighted by Gasteiger charge is 2.39. The molecule has 0 spiro atoms. The van der Waals surface area contributed by atoms with E-state index >= 15 is 0 Å². The molecular formula is C40H42N2O3. The molecule has 0 amide bonds. The lowest BCUT2D eigenvalue weighted by Crippen LogP contribution is -2.44. The molecule has 3 N–H and O–H groups in total. The third-order valence-corrected chi connectivity index (χ3v) is 8.71. The van der Waals surface area contributed by atoms with Crippen LogP contribution in [-0.2, 0) is 35.7 Å². The highest BCUT2D eigenvalue weighted by molar-refractivity contribution is 5.65. The fourth-order valence-corrected chi connectivity index (χ4v) is 6.19. The number of aliphatic hydroxyl groups is 1. The second-order valence-corrected chi connectivity index (χ2v) is 12.0. The van der Waals surface area contributed by atoms with Crippen molar-refractivity contribution in [2.45, 2.75) is 51.7 Å². The molecule has 1 aliphatic heterocycles. The van der Waals surface area contributed by atoms with Crippen molar-refractivity contribution < 1.29 is 14.6 Å². The Bertz CT molecular complexity index is 1600. The Hall–Kier alpha value is -4.10. The Kier molecular flexibility index (Phi) is 10.2. The topological polar surface area (TPSA) is 68.0 Å². The van der Waals surface area contributed by atoms with Gasteiger partial charge in [0, 0.05) is 37.7 Å². The normalized spacial score (nSPS) is 19.9. The molecule has 0 radical (unpaired) electrons. The molecule has 0 unspecified atom stereocenters. The number of aliphatic hydroxyl groups excluding tert-OH is 1. The molecule has 5 nitrogen and oxygen atoms in total. The molecule has 1 fully saturated rings. The molecule has 6 rings (SSSR count). The minimum Gasteiger partial charge on any atom is -0.392 e. The summed E-state index contributed by atoms with van der Waals surface area (Å²) in [5.41, 5.74) is 14.8. The van der Waals surface area contributed by atoms with Gasteiger partial charge in [-0.3, -0.25) is 4.90 Å². The van der Waals surface area contributed by atoms with E-state index in [0.717, 1.165) is 53.0 Å². The minimum atomic E-state index is -0.540. The number of ether oxygens (including phenoxy) is 2. The third kappa shape index (κ3) is 7.77. The van der Waals surface area contributed by atoms with E-state index in [1.54, 1.807) is 0 Å². The Morgan fingerprint density at radius 3 is 1.84 bits per heavy atom. The summed E-state index contributed by atoms with van der Waals surface area (Å²) in [5, 5.41) is 9.65. The van der Waals surface area contributed by atoms with Crippen LogP contribution in [0.3, 0.4) is 0 Å². The molecule has 0 bridgehead atoms. The first kappa shape index (κ1) is 30.9. The molecule has 5 heteroatoms. The third-order valence-electron chi connectivity index (χ3n) is 8.71. The van der Waals surface area contributed by atoms with Crippen LogP contribution in [-0.4, -0.2) is 22.7 Å². The second-order valence-electron chi connectivity index (χ2n) is 12.0. The summed E-state index contributed by atoms with van der Waals surface area (Å²) in [4.78, 5) is 2.48. The SMILES string of the molecule is C[C@@H]1[C@H](CN(Cc2ccccc2)Cc2ccccc2)O[C@H](c2cccc(-c3cccc(CN)c3)c2)O[C@@H]1c1ccc(CO)cc1. The summed E-state index contributed by atoms with van der Waals surface area (Å²) in [7, 11) is 0. The van der Waals surface area contributed by atoms with Crippen LogP contribution in [0.25, 0.3) is 11.1 Å². The first-order valence-electron chi connectivity index (χ1n) is 15.8. The second kappa shape index (κ2) is 14.8. The minimum absolute atomic E-state index is 0.0157. The highest BCUT2D eigenvalue weighted by Crippen LogP contribution is 2.42. The average Bonchev–Trinajstić information content (AvgIpc) is 3.10. The van der Waals surface area contributed by atoms with Crippen molar-refractivity contribution in [1.82, 2.24) is 4.90 Å². The van der Waals surface area contributed by atoms with Crippen molar-refractivity contribution in [3.63, 3.8) is 0 Å². The monoisotopic (exact) mass is 598 g/mol. The van der Waals surface area contributed by atoms with E-state index in [0.29, 0.717) is 6.54 Å². The van der Waals surface area contributed by atoms with Crippen molar-refractivity contribution in [2.75, 3.05) is 6.54 Å². The first-order valence-corrected chi connectivity index (χ1v) is 15.8. The van der Waals surface area contributed by atoms with Gasteiger partial charge in [-0.05, 0) is 51.1 Å². The zero-order valence-corrected chi connectivity index (χ0v) is 25.8. The van der Waals surface area contributed by atoms with Gasteiger partial charge in [-0.1, -0.05) is 128 Å². The van der Waals surface area contributed by atoms with Gasteiger partial charge in [-0.2, -0.15) is 0 Å². The largest absolute Gasteiger partial charge is 0.392 e. The van der Waals surface area contributed by atoms with E-state index in [2.05, 4.69) is 133 Å². The maximum atomic E-state index is 9.65. The van der Waals surface area contributed by atoms with Gasteiger partial charge in [0.25, 0.3) is 0 Å². The summed E-state index contributed by atoms with van der Waals surface area (Å²) in [6.07, 6.45) is -0.814. The van der Waals surface area contributed by atoms with Gasteiger partial charge < -0.3 is 20.3 Å². The zero-order chi connectivity index (χ0) is 31.0. The lowest BCUT2D eigenvalue weighted by atomic mass is 9.89. The molecule has 0 saturated carbocycles. The van der Waals surface area contributed by atoms with E-state index in [1.807, 2.05) is 12.1 Å². The van der Waals surface area contributed by atoms with E-state index in [-0.39, 0.29) is 24.7 Å². The van der Waals surface area contributed by atoms with Crippen molar-refractivity contribution in [3.8, 4) is 11.1 Å². The quantitative estimate of drug-likeness (QED) is 0.162. The van der Waals surface area contributed by atoms with Crippen LogP contribution in [0.4, 0.5) is 0 Å². The molecule has 5 aromatic rings. The first-order chi connectivity index (χ1) is 22.1. The maximum Gasteiger partial charge on any atom is 0.184 e. The Morgan fingerprint density at radius 1 is 0.622 bits per heavy atom. The molecule has 0 aliphatic carbocycles. The van der Waals surface area contributed by atoms with Crippen molar-refractivity contribution in [3.05, 3.63) is 167 Å². The van der Waals surface area contributed by atoms with Crippen LogP contribution >= 0.6 is 0 Å². The highest BCUT2D eigenvalue weighted by atomic mass is 16.7. The van der Waals surface area contributed by atoms with Gasteiger partial charge in [0.1, 0.15) is 0 Å². The standard InChI is InChI=1S/C40H42N2O3/c1-29-38(27-42(25-30-10-4-2-5-11-30)26-31-12-6-3-7-13-31)44-40(45-39(29)34-20-18-32(28-43)19-21-34)37-17-9-16-36(23-37)35-15-8-14-33(22-35)24-41/h2-23,29,38-40,43H,24-28,41H2,1H3/t29-,38+,39+,40+/m1/s1. The van der Waals surface area contributed by atoms with Gasteiger partial charge >= 0.3 is 0 Å². The number of hydrogen-bond donors (Lipinski definition) is 2. The van der Waals surface area contributed by atoms with Crippen LogP contribution in [0.15, 0.2) is 133 Å². The van der Waals surface area contributed by atoms with Gasteiger partial charge in [0.15, 0.2) is 6.29 Å². The molecule has 0 aromatic heterocycles. The number of benzene rings is 5. The Labute approximate surface area is 266 Å². The number of hydrogen-bond acceptors (Lipinski definition) is 5. The van der Waals surface area contributed by atoms with Crippen molar-refractivity contribution in [1.29, 1.82) is 0 Å². The van der Waals surface area contributed by atoms with Gasteiger partial charge in [0.2, 0.25) is 0 Å². The van der Waals surface area contributed by atoms with E-state index < -0.39 is 6.29 Å². The Balaban J connectivity index is 1.32. The van der Waals surface area contributed by atoms with Gasteiger partial charge in [0.05, 0.1) is 18.8 Å². The summed E-state index contributed by atoms with van der Waals surface area (Å²) in [6.45, 7) is 5.12. The molecule has 4 atom stereocenters.